The number of benzene rings is 1. The van der Waals surface area contributed by atoms with Gasteiger partial charge in [0.15, 0.2) is 0 Å². The van der Waals surface area contributed by atoms with E-state index in [4.69, 9.17) is 11.6 Å². The summed E-state index contributed by atoms with van der Waals surface area (Å²) in [4.78, 5) is 12.3. The van der Waals surface area contributed by atoms with Crippen LogP contribution in [-0.4, -0.2) is 37.5 Å². The zero-order valence-electron chi connectivity index (χ0n) is 12.2. The number of sulfonamides is 1. The molecule has 1 unspecified atom stereocenters. The van der Waals surface area contributed by atoms with Crippen LogP contribution in [0.3, 0.4) is 0 Å². The minimum Gasteiger partial charge on any atom is -0.324 e. The predicted molar refractivity (Wildman–Crippen MR) is 83.8 cm³/mol. The number of halogens is 2. The predicted octanol–water partition coefficient (Wildman–Crippen LogP) is 2.48. The maximum Gasteiger partial charge on any atom is 0.228 e. The first kappa shape index (κ1) is 17.2. The Hall–Kier alpha value is -1.18. The van der Waals surface area contributed by atoms with Crippen LogP contribution in [0.25, 0.3) is 0 Å². The van der Waals surface area contributed by atoms with Crippen LogP contribution < -0.4 is 5.32 Å². The van der Waals surface area contributed by atoms with Crippen LogP contribution in [-0.2, 0) is 14.8 Å². The van der Waals surface area contributed by atoms with Crippen molar-refractivity contribution in [2.24, 2.45) is 5.92 Å². The first-order chi connectivity index (χ1) is 10.3. The van der Waals surface area contributed by atoms with E-state index >= 15 is 0 Å². The van der Waals surface area contributed by atoms with Crippen molar-refractivity contribution >= 4 is 33.2 Å². The lowest BCUT2D eigenvalue weighted by Crippen LogP contribution is -2.44. The molecule has 1 N–H and O–H groups in total. The van der Waals surface area contributed by atoms with Gasteiger partial charge in [-0.25, -0.2) is 17.1 Å². The SMILES string of the molecule is CCS(=O)(=O)N1CCCC(C(=O)Nc2cccc(F)c2Cl)C1. The Morgan fingerprint density at radius 1 is 1.50 bits per heavy atom. The molecule has 0 bridgehead atoms. The Balaban J connectivity index is 2.08. The van der Waals surface area contributed by atoms with Crippen LogP contribution in [0.5, 0.6) is 0 Å². The molecule has 1 aromatic rings. The quantitative estimate of drug-likeness (QED) is 0.909. The van der Waals surface area contributed by atoms with Gasteiger partial charge in [-0.1, -0.05) is 17.7 Å². The van der Waals surface area contributed by atoms with Crippen LogP contribution in [0.15, 0.2) is 18.2 Å². The molecule has 1 amide bonds. The molecule has 2 rings (SSSR count). The second-order valence-corrected chi connectivity index (χ2v) is 7.82. The van der Waals surface area contributed by atoms with Gasteiger partial charge in [0.25, 0.3) is 0 Å². The second-order valence-electron chi connectivity index (χ2n) is 5.19. The fourth-order valence-electron chi connectivity index (χ4n) is 2.43. The summed E-state index contributed by atoms with van der Waals surface area (Å²) in [7, 11) is -3.31. The number of anilines is 1. The van der Waals surface area contributed by atoms with E-state index in [9.17, 15) is 17.6 Å². The van der Waals surface area contributed by atoms with E-state index < -0.39 is 21.8 Å². The number of piperidine rings is 1. The monoisotopic (exact) mass is 348 g/mol. The molecule has 0 aliphatic carbocycles. The van der Waals surface area contributed by atoms with Gasteiger partial charge in [-0.15, -0.1) is 0 Å². The Morgan fingerprint density at radius 3 is 2.91 bits per heavy atom. The molecule has 5 nitrogen and oxygen atoms in total. The average Bonchev–Trinajstić information content (AvgIpc) is 2.52. The molecule has 1 saturated heterocycles. The summed E-state index contributed by atoms with van der Waals surface area (Å²) >= 11 is 5.80. The third kappa shape index (κ3) is 3.77. The summed E-state index contributed by atoms with van der Waals surface area (Å²) < 4.78 is 38.5. The summed E-state index contributed by atoms with van der Waals surface area (Å²) in [6, 6.07) is 4.16. The molecule has 1 heterocycles. The van der Waals surface area contributed by atoms with Crippen molar-refractivity contribution in [1.29, 1.82) is 0 Å². The molecule has 1 aromatic carbocycles. The van der Waals surface area contributed by atoms with Crippen molar-refractivity contribution in [2.45, 2.75) is 19.8 Å². The summed E-state index contributed by atoms with van der Waals surface area (Å²) in [5.74, 6) is -1.41. The van der Waals surface area contributed by atoms with E-state index in [1.807, 2.05) is 0 Å². The molecule has 0 radical (unpaired) electrons. The normalized spacial score (nSPS) is 19.9. The molecular formula is C14H18ClFN2O3S. The highest BCUT2D eigenvalue weighted by atomic mass is 35.5. The Labute approximate surface area is 134 Å². The van der Waals surface area contributed by atoms with Gasteiger partial charge in [-0.3, -0.25) is 4.79 Å². The van der Waals surface area contributed by atoms with Crippen LogP contribution in [0, 0.1) is 11.7 Å². The van der Waals surface area contributed by atoms with E-state index in [2.05, 4.69) is 5.32 Å². The van der Waals surface area contributed by atoms with Crippen LogP contribution in [0.2, 0.25) is 5.02 Å². The zero-order valence-corrected chi connectivity index (χ0v) is 13.8. The van der Waals surface area contributed by atoms with Gasteiger partial charge in [0.1, 0.15) is 5.82 Å². The molecule has 0 saturated carbocycles. The summed E-state index contributed by atoms with van der Waals surface area (Å²) in [5, 5.41) is 2.43. The lowest BCUT2D eigenvalue weighted by molar-refractivity contribution is -0.120. The molecular weight excluding hydrogens is 331 g/mol. The maximum absolute atomic E-state index is 13.4. The van der Waals surface area contributed by atoms with Gasteiger partial charge in [-0.05, 0) is 31.9 Å². The molecule has 122 valence electrons. The number of carbonyl (C=O) groups is 1. The smallest absolute Gasteiger partial charge is 0.228 e. The summed E-state index contributed by atoms with van der Waals surface area (Å²) in [6.45, 7) is 2.15. The molecule has 1 aliphatic heterocycles. The van der Waals surface area contributed by atoms with E-state index in [-0.39, 0.29) is 28.9 Å². The Kier molecular flexibility index (Phi) is 5.41. The van der Waals surface area contributed by atoms with Crippen molar-refractivity contribution in [3.63, 3.8) is 0 Å². The molecule has 1 aliphatic rings. The molecule has 22 heavy (non-hydrogen) atoms. The van der Waals surface area contributed by atoms with Crippen molar-refractivity contribution in [1.82, 2.24) is 4.31 Å². The third-order valence-corrected chi connectivity index (χ3v) is 5.95. The van der Waals surface area contributed by atoms with E-state index in [0.717, 1.165) is 0 Å². The van der Waals surface area contributed by atoms with Gasteiger partial charge in [0.2, 0.25) is 15.9 Å². The standard InChI is InChI=1S/C14H18ClFN2O3S/c1-2-22(20,21)18-8-4-5-10(9-18)14(19)17-12-7-3-6-11(16)13(12)15/h3,6-7,10H,2,4-5,8-9H2,1H3,(H,17,19). The fourth-order valence-corrected chi connectivity index (χ4v) is 3.78. The number of carbonyl (C=O) groups excluding carboxylic acids is 1. The number of hydrogen-bond acceptors (Lipinski definition) is 3. The summed E-state index contributed by atoms with van der Waals surface area (Å²) in [5.41, 5.74) is 0.196. The van der Waals surface area contributed by atoms with Crippen molar-refractivity contribution < 1.29 is 17.6 Å². The number of nitrogens with one attached hydrogen (secondary N) is 1. The van der Waals surface area contributed by atoms with E-state index in [0.29, 0.717) is 19.4 Å². The topological polar surface area (TPSA) is 66.5 Å². The minimum atomic E-state index is -3.31. The second kappa shape index (κ2) is 6.93. The fraction of sp³-hybridized carbons (Fsp3) is 0.500. The van der Waals surface area contributed by atoms with Crippen LogP contribution >= 0.6 is 11.6 Å². The first-order valence-corrected chi connectivity index (χ1v) is 9.06. The van der Waals surface area contributed by atoms with Crippen LogP contribution in [0.4, 0.5) is 10.1 Å². The average molecular weight is 349 g/mol. The van der Waals surface area contributed by atoms with Gasteiger partial charge >= 0.3 is 0 Å². The largest absolute Gasteiger partial charge is 0.324 e. The zero-order chi connectivity index (χ0) is 16.3. The Morgan fingerprint density at radius 2 is 2.23 bits per heavy atom. The molecule has 1 fully saturated rings. The molecule has 0 spiro atoms. The van der Waals surface area contributed by atoms with Crippen molar-refractivity contribution in [3.05, 3.63) is 29.0 Å². The van der Waals surface area contributed by atoms with Crippen LogP contribution in [0.1, 0.15) is 19.8 Å². The van der Waals surface area contributed by atoms with E-state index in [1.54, 1.807) is 6.92 Å². The van der Waals surface area contributed by atoms with Gasteiger partial charge in [0.05, 0.1) is 22.4 Å². The highest BCUT2D eigenvalue weighted by Crippen LogP contribution is 2.26. The number of nitrogens with zero attached hydrogens (tertiary/aromatic N) is 1. The lowest BCUT2D eigenvalue weighted by atomic mass is 9.98. The number of rotatable bonds is 4. The van der Waals surface area contributed by atoms with Gasteiger partial charge in [-0.2, -0.15) is 0 Å². The van der Waals surface area contributed by atoms with Crippen molar-refractivity contribution in [3.8, 4) is 0 Å². The van der Waals surface area contributed by atoms with E-state index in [1.165, 1.54) is 22.5 Å². The van der Waals surface area contributed by atoms with Crippen molar-refractivity contribution in [2.75, 3.05) is 24.2 Å². The number of hydrogen-bond donors (Lipinski definition) is 1. The molecule has 1 atom stereocenters. The minimum absolute atomic E-state index is 0.0110. The van der Waals surface area contributed by atoms with Gasteiger partial charge in [0, 0.05) is 13.1 Å². The van der Waals surface area contributed by atoms with Gasteiger partial charge < -0.3 is 5.32 Å². The molecule has 0 aromatic heterocycles. The maximum atomic E-state index is 13.4. The first-order valence-electron chi connectivity index (χ1n) is 7.08. The highest BCUT2D eigenvalue weighted by Gasteiger charge is 2.31. The lowest BCUT2D eigenvalue weighted by Gasteiger charge is -2.30. The third-order valence-electron chi connectivity index (χ3n) is 3.72. The highest BCUT2D eigenvalue weighted by molar-refractivity contribution is 7.89. The Bertz CT molecular complexity index is 666. The summed E-state index contributed by atoms with van der Waals surface area (Å²) in [6.07, 6.45) is 1.21. The molecule has 8 heteroatoms. The number of amides is 1.